The first-order chi connectivity index (χ1) is 10.5. The normalized spacial score (nSPS) is 11.7. The maximum Gasteiger partial charge on any atom is 0.335 e. The third-order valence-electron chi connectivity index (χ3n) is 3.30. The summed E-state index contributed by atoms with van der Waals surface area (Å²) >= 11 is 0. The molecule has 0 saturated heterocycles. The van der Waals surface area contributed by atoms with Crippen molar-refractivity contribution in [3.05, 3.63) is 70.5 Å². The summed E-state index contributed by atoms with van der Waals surface area (Å²) in [6.45, 7) is 1.86. The van der Waals surface area contributed by atoms with Crippen molar-refractivity contribution in [1.82, 2.24) is 0 Å². The fourth-order valence-electron chi connectivity index (χ4n) is 1.94. The number of aromatic carboxylic acids is 1. The predicted octanol–water partition coefficient (Wildman–Crippen LogP) is 3.67. The lowest BCUT2D eigenvalue weighted by molar-refractivity contribution is 0.0507. The molecule has 0 aromatic heterocycles. The minimum Gasteiger partial charge on any atom is -0.478 e. The van der Waals surface area contributed by atoms with Crippen LogP contribution in [-0.4, -0.2) is 11.1 Å². The number of carboxylic acids is 1. The highest BCUT2D eigenvalue weighted by Crippen LogP contribution is 2.20. The van der Waals surface area contributed by atoms with Crippen molar-refractivity contribution < 1.29 is 19.0 Å². The van der Waals surface area contributed by atoms with Gasteiger partial charge in [0, 0.05) is 5.56 Å². The Kier molecular flexibility index (Phi) is 4.87. The smallest absolute Gasteiger partial charge is 0.335 e. The molecule has 0 radical (unpaired) electrons. The van der Waals surface area contributed by atoms with Crippen molar-refractivity contribution >= 4 is 5.97 Å². The van der Waals surface area contributed by atoms with Crippen LogP contribution in [0.15, 0.2) is 42.5 Å². The zero-order valence-corrected chi connectivity index (χ0v) is 11.9. The maximum absolute atomic E-state index is 13.8. The number of rotatable bonds is 5. The largest absolute Gasteiger partial charge is 0.478 e. The molecule has 1 N–H and O–H groups in total. The van der Waals surface area contributed by atoms with E-state index < -0.39 is 11.8 Å². The van der Waals surface area contributed by atoms with E-state index >= 15 is 0 Å². The molecule has 0 saturated carbocycles. The van der Waals surface area contributed by atoms with E-state index in [0.717, 1.165) is 11.6 Å². The highest BCUT2D eigenvalue weighted by atomic mass is 19.1. The molecule has 5 heteroatoms. The molecule has 1 unspecified atom stereocenters. The van der Waals surface area contributed by atoms with E-state index in [1.54, 1.807) is 24.3 Å². The second kappa shape index (κ2) is 6.83. The number of nitriles is 1. The summed E-state index contributed by atoms with van der Waals surface area (Å²) in [6, 6.07) is 12.7. The minimum atomic E-state index is -1.17. The molecule has 2 aromatic carbocycles. The Morgan fingerprint density at radius 2 is 2.00 bits per heavy atom. The van der Waals surface area contributed by atoms with Gasteiger partial charge in [0.2, 0.25) is 0 Å². The number of carbonyl (C=O) groups is 1. The predicted molar refractivity (Wildman–Crippen MR) is 77.7 cm³/mol. The Bertz CT molecular complexity index is 720. The van der Waals surface area contributed by atoms with Crippen molar-refractivity contribution in [3.8, 4) is 6.07 Å². The number of benzene rings is 2. The van der Waals surface area contributed by atoms with Crippen molar-refractivity contribution in [2.45, 2.75) is 19.6 Å². The minimum absolute atomic E-state index is 0.0346. The highest BCUT2D eigenvalue weighted by Gasteiger charge is 2.11. The third-order valence-corrected chi connectivity index (χ3v) is 3.30. The van der Waals surface area contributed by atoms with E-state index in [1.807, 2.05) is 13.0 Å². The second-order valence-electron chi connectivity index (χ2n) is 4.80. The molecule has 2 rings (SSSR count). The zero-order chi connectivity index (χ0) is 16.1. The van der Waals surface area contributed by atoms with Crippen LogP contribution in [0.25, 0.3) is 0 Å². The van der Waals surface area contributed by atoms with Gasteiger partial charge >= 0.3 is 5.97 Å². The standard InChI is InChI=1S/C17H14FNO3/c1-11(13-4-2-12(9-19)3-5-13)22-10-15-7-6-14(17(20)21)8-16(15)18/h2-8,11H,10H2,1H3,(H,20,21). The fourth-order valence-corrected chi connectivity index (χ4v) is 1.94. The van der Waals surface area contributed by atoms with Crippen molar-refractivity contribution in [2.75, 3.05) is 0 Å². The van der Waals surface area contributed by atoms with Gasteiger partial charge in [-0.1, -0.05) is 18.2 Å². The van der Waals surface area contributed by atoms with Gasteiger partial charge in [0.15, 0.2) is 0 Å². The summed E-state index contributed by atoms with van der Waals surface area (Å²) < 4.78 is 19.4. The lowest BCUT2D eigenvalue weighted by Gasteiger charge is -2.14. The molecule has 0 aliphatic carbocycles. The molecule has 2 aromatic rings. The lowest BCUT2D eigenvalue weighted by Crippen LogP contribution is -2.04. The first kappa shape index (κ1) is 15.7. The number of carboxylic acid groups (broad SMARTS) is 1. The Labute approximate surface area is 127 Å². The van der Waals surface area contributed by atoms with Crippen molar-refractivity contribution in [2.24, 2.45) is 0 Å². The molecule has 112 valence electrons. The molecule has 0 heterocycles. The topological polar surface area (TPSA) is 70.3 Å². The Hall–Kier alpha value is -2.71. The first-order valence-electron chi connectivity index (χ1n) is 6.64. The van der Waals surface area contributed by atoms with Crippen LogP contribution in [0.2, 0.25) is 0 Å². The number of nitrogens with zero attached hydrogens (tertiary/aromatic N) is 1. The van der Waals surface area contributed by atoms with Crippen LogP contribution in [0.3, 0.4) is 0 Å². The number of hydrogen-bond donors (Lipinski definition) is 1. The number of halogens is 1. The molecule has 0 amide bonds. The van der Waals surface area contributed by atoms with Crippen LogP contribution in [0.1, 0.15) is 40.1 Å². The van der Waals surface area contributed by atoms with E-state index in [0.29, 0.717) is 11.1 Å². The second-order valence-corrected chi connectivity index (χ2v) is 4.80. The average molecular weight is 299 g/mol. The van der Waals surface area contributed by atoms with Crippen LogP contribution < -0.4 is 0 Å². The summed E-state index contributed by atoms with van der Waals surface area (Å²) in [5.41, 5.74) is 1.64. The Morgan fingerprint density at radius 1 is 1.32 bits per heavy atom. The molecule has 1 atom stereocenters. The van der Waals surface area contributed by atoms with Crippen LogP contribution in [0, 0.1) is 17.1 Å². The van der Waals surface area contributed by atoms with Gasteiger partial charge in [0.05, 0.1) is 29.9 Å². The van der Waals surface area contributed by atoms with Gasteiger partial charge in [0.1, 0.15) is 5.82 Å². The van der Waals surface area contributed by atoms with Crippen LogP contribution in [0.5, 0.6) is 0 Å². The van der Waals surface area contributed by atoms with Gasteiger partial charge in [-0.15, -0.1) is 0 Å². The van der Waals surface area contributed by atoms with E-state index in [-0.39, 0.29) is 18.3 Å². The van der Waals surface area contributed by atoms with E-state index in [1.165, 1.54) is 12.1 Å². The van der Waals surface area contributed by atoms with E-state index in [2.05, 4.69) is 0 Å². The highest BCUT2D eigenvalue weighted by molar-refractivity contribution is 5.87. The van der Waals surface area contributed by atoms with Crippen LogP contribution >= 0.6 is 0 Å². The third kappa shape index (κ3) is 3.68. The van der Waals surface area contributed by atoms with Gasteiger partial charge in [0.25, 0.3) is 0 Å². The SMILES string of the molecule is CC(OCc1ccc(C(=O)O)cc1F)c1ccc(C#N)cc1. The number of hydrogen-bond acceptors (Lipinski definition) is 3. The van der Waals surface area contributed by atoms with Crippen LogP contribution in [0.4, 0.5) is 4.39 Å². The number of ether oxygens (including phenoxy) is 1. The molecule has 0 spiro atoms. The summed E-state index contributed by atoms with van der Waals surface area (Å²) in [5.74, 6) is -1.77. The molecule has 0 aliphatic rings. The van der Waals surface area contributed by atoms with Gasteiger partial charge in [-0.25, -0.2) is 9.18 Å². The van der Waals surface area contributed by atoms with Crippen molar-refractivity contribution in [1.29, 1.82) is 5.26 Å². The molecule has 0 aliphatic heterocycles. The molecule has 22 heavy (non-hydrogen) atoms. The average Bonchev–Trinajstić information content (AvgIpc) is 2.53. The first-order valence-corrected chi connectivity index (χ1v) is 6.64. The van der Waals surface area contributed by atoms with Gasteiger partial charge in [-0.05, 0) is 36.8 Å². The molecular weight excluding hydrogens is 285 g/mol. The molecule has 0 bridgehead atoms. The maximum atomic E-state index is 13.8. The Morgan fingerprint density at radius 3 is 2.55 bits per heavy atom. The monoisotopic (exact) mass is 299 g/mol. The molecule has 0 fully saturated rings. The van der Waals surface area contributed by atoms with Gasteiger partial charge in [-0.3, -0.25) is 0 Å². The van der Waals surface area contributed by atoms with Crippen molar-refractivity contribution in [3.63, 3.8) is 0 Å². The summed E-state index contributed by atoms with van der Waals surface area (Å²) in [7, 11) is 0. The van der Waals surface area contributed by atoms with Crippen LogP contribution in [-0.2, 0) is 11.3 Å². The van der Waals surface area contributed by atoms with Gasteiger partial charge in [-0.2, -0.15) is 5.26 Å². The lowest BCUT2D eigenvalue weighted by atomic mass is 10.1. The van der Waals surface area contributed by atoms with E-state index in [4.69, 9.17) is 15.1 Å². The summed E-state index contributed by atoms with van der Waals surface area (Å²) in [5, 5.41) is 17.5. The van der Waals surface area contributed by atoms with E-state index in [9.17, 15) is 9.18 Å². The quantitative estimate of drug-likeness (QED) is 0.914. The molecule has 4 nitrogen and oxygen atoms in total. The summed E-state index contributed by atoms with van der Waals surface area (Å²) in [6.07, 6.45) is -0.272. The summed E-state index contributed by atoms with van der Waals surface area (Å²) in [4.78, 5) is 10.7. The zero-order valence-electron chi connectivity index (χ0n) is 11.9. The fraction of sp³-hybridized carbons (Fsp3) is 0.176. The Balaban J connectivity index is 2.03. The van der Waals surface area contributed by atoms with Gasteiger partial charge < -0.3 is 9.84 Å². The molecular formula is C17H14FNO3.